The molecular formula is C18H28N2O4. The maximum atomic E-state index is 12.3. The molecule has 1 fully saturated rings. The number of piperidine rings is 1. The molecule has 134 valence electrons. The van der Waals surface area contributed by atoms with Gasteiger partial charge >= 0.3 is 6.03 Å². The topological polar surface area (TPSA) is 60.0 Å². The van der Waals surface area contributed by atoms with Crippen LogP contribution in [0.25, 0.3) is 0 Å². The average Bonchev–Trinajstić information content (AvgIpc) is 2.61. The van der Waals surface area contributed by atoms with E-state index < -0.39 is 0 Å². The molecule has 2 rings (SSSR count). The van der Waals surface area contributed by atoms with Crippen LogP contribution in [0.3, 0.4) is 0 Å². The lowest BCUT2D eigenvalue weighted by Gasteiger charge is -2.31. The first kappa shape index (κ1) is 18.2. The van der Waals surface area contributed by atoms with Gasteiger partial charge in [-0.3, -0.25) is 0 Å². The molecule has 1 aromatic carbocycles. The monoisotopic (exact) mass is 336 g/mol. The number of nitrogens with zero attached hydrogens (tertiary/aromatic N) is 1. The van der Waals surface area contributed by atoms with Gasteiger partial charge in [0.05, 0.1) is 21.3 Å². The molecule has 1 N–H and O–H groups in total. The zero-order valence-electron chi connectivity index (χ0n) is 15.1. The third-order valence-corrected chi connectivity index (χ3v) is 4.40. The summed E-state index contributed by atoms with van der Waals surface area (Å²) in [5.41, 5.74) is 0.975. The molecule has 1 unspecified atom stereocenters. The molecule has 0 saturated carbocycles. The van der Waals surface area contributed by atoms with Crippen LogP contribution < -0.4 is 19.5 Å². The minimum Gasteiger partial charge on any atom is -0.496 e. The summed E-state index contributed by atoms with van der Waals surface area (Å²) in [5.74, 6) is 2.60. The van der Waals surface area contributed by atoms with Gasteiger partial charge in [0.15, 0.2) is 11.5 Å². The number of hydrogen-bond donors (Lipinski definition) is 1. The highest BCUT2D eigenvalue weighted by Gasteiger charge is 2.20. The van der Waals surface area contributed by atoms with Gasteiger partial charge in [-0.1, -0.05) is 6.92 Å². The third-order valence-electron chi connectivity index (χ3n) is 4.40. The minimum atomic E-state index is 0.0148. The van der Waals surface area contributed by atoms with Crippen LogP contribution in [0.15, 0.2) is 12.1 Å². The van der Waals surface area contributed by atoms with Crippen LogP contribution in [0.1, 0.15) is 25.3 Å². The van der Waals surface area contributed by atoms with Crippen molar-refractivity contribution in [1.29, 1.82) is 0 Å². The van der Waals surface area contributed by atoms with Gasteiger partial charge in [-0.2, -0.15) is 0 Å². The maximum Gasteiger partial charge on any atom is 0.317 e. The van der Waals surface area contributed by atoms with Gasteiger partial charge in [0, 0.05) is 25.7 Å². The van der Waals surface area contributed by atoms with Crippen molar-refractivity contribution in [2.45, 2.75) is 26.2 Å². The van der Waals surface area contributed by atoms with Crippen molar-refractivity contribution in [2.75, 3.05) is 41.0 Å². The summed E-state index contributed by atoms with van der Waals surface area (Å²) in [6, 6.07) is 3.72. The number of hydrogen-bond acceptors (Lipinski definition) is 4. The van der Waals surface area contributed by atoms with Crippen molar-refractivity contribution in [1.82, 2.24) is 10.2 Å². The van der Waals surface area contributed by atoms with E-state index in [0.717, 1.165) is 30.8 Å². The van der Waals surface area contributed by atoms with E-state index in [1.165, 1.54) is 6.42 Å². The van der Waals surface area contributed by atoms with E-state index in [4.69, 9.17) is 14.2 Å². The van der Waals surface area contributed by atoms with E-state index in [-0.39, 0.29) is 6.03 Å². The highest BCUT2D eigenvalue weighted by Crippen LogP contribution is 2.34. The summed E-state index contributed by atoms with van der Waals surface area (Å²) in [6.45, 7) is 4.42. The molecule has 24 heavy (non-hydrogen) atoms. The van der Waals surface area contributed by atoms with Crippen molar-refractivity contribution >= 4 is 6.03 Å². The molecule has 1 aliphatic heterocycles. The smallest absolute Gasteiger partial charge is 0.317 e. The number of amides is 2. The number of rotatable bonds is 6. The molecule has 0 spiro atoms. The SMILES string of the molecule is COc1cc(OC)c(OC)cc1CCNC(=O)N1CCCC(C)C1. The summed E-state index contributed by atoms with van der Waals surface area (Å²) in [5, 5.41) is 3.00. The molecule has 0 radical (unpaired) electrons. The maximum absolute atomic E-state index is 12.3. The molecule has 1 saturated heterocycles. The molecule has 6 nitrogen and oxygen atoms in total. The fraction of sp³-hybridized carbons (Fsp3) is 0.611. The Morgan fingerprint density at radius 2 is 1.83 bits per heavy atom. The normalized spacial score (nSPS) is 17.3. The van der Waals surface area contributed by atoms with Crippen LogP contribution in [-0.4, -0.2) is 51.9 Å². The van der Waals surface area contributed by atoms with E-state index in [2.05, 4.69) is 12.2 Å². The van der Waals surface area contributed by atoms with E-state index in [1.54, 1.807) is 21.3 Å². The van der Waals surface area contributed by atoms with Crippen LogP contribution in [0, 0.1) is 5.92 Å². The molecular weight excluding hydrogens is 308 g/mol. The lowest BCUT2D eigenvalue weighted by Crippen LogP contribution is -2.45. The number of likely N-dealkylation sites (tertiary alicyclic amines) is 1. The molecule has 1 aliphatic rings. The van der Waals surface area contributed by atoms with Crippen LogP contribution in [0.5, 0.6) is 17.2 Å². The average molecular weight is 336 g/mol. The molecule has 0 aromatic heterocycles. The first-order valence-electron chi connectivity index (χ1n) is 8.40. The summed E-state index contributed by atoms with van der Waals surface area (Å²) < 4.78 is 16.0. The molecule has 0 aliphatic carbocycles. The van der Waals surface area contributed by atoms with Crippen LogP contribution in [-0.2, 0) is 6.42 Å². The number of urea groups is 1. The van der Waals surface area contributed by atoms with Gasteiger partial charge in [-0.15, -0.1) is 0 Å². The largest absolute Gasteiger partial charge is 0.496 e. The van der Waals surface area contributed by atoms with Crippen molar-refractivity contribution in [3.8, 4) is 17.2 Å². The van der Waals surface area contributed by atoms with Crippen LogP contribution in [0.2, 0.25) is 0 Å². The number of carbonyl (C=O) groups excluding carboxylic acids is 1. The van der Waals surface area contributed by atoms with E-state index in [1.807, 2.05) is 17.0 Å². The first-order chi connectivity index (χ1) is 11.6. The summed E-state index contributed by atoms with van der Waals surface area (Å²) >= 11 is 0. The van der Waals surface area contributed by atoms with Crippen molar-refractivity contribution in [3.63, 3.8) is 0 Å². The van der Waals surface area contributed by atoms with Gasteiger partial charge in [-0.05, 0) is 36.8 Å². The van der Waals surface area contributed by atoms with Gasteiger partial charge < -0.3 is 24.4 Å². The van der Waals surface area contributed by atoms with Crippen LogP contribution >= 0.6 is 0 Å². The van der Waals surface area contributed by atoms with Crippen LogP contribution in [0.4, 0.5) is 4.79 Å². The highest BCUT2D eigenvalue weighted by molar-refractivity contribution is 5.74. The van der Waals surface area contributed by atoms with Gasteiger partial charge in [0.2, 0.25) is 0 Å². The number of ether oxygens (including phenoxy) is 3. The molecule has 1 heterocycles. The molecule has 0 bridgehead atoms. The lowest BCUT2D eigenvalue weighted by atomic mass is 10.0. The number of carbonyl (C=O) groups is 1. The zero-order valence-corrected chi connectivity index (χ0v) is 15.1. The Morgan fingerprint density at radius 1 is 1.17 bits per heavy atom. The molecule has 6 heteroatoms. The fourth-order valence-corrected chi connectivity index (χ4v) is 3.08. The summed E-state index contributed by atoms with van der Waals surface area (Å²) in [6.07, 6.45) is 2.95. The van der Waals surface area contributed by atoms with Crippen molar-refractivity contribution in [2.24, 2.45) is 5.92 Å². The lowest BCUT2D eigenvalue weighted by molar-refractivity contribution is 0.170. The quantitative estimate of drug-likeness (QED) is 0.868. The fourth-order valence-electron chi connectivity index (χ4n) is 3.08. The van der Waals surface area contributed by atoms with Gasteiger partial charge in [0.25, 0.3) is 0 Å². The Morgan fingerprint density at radius 3 is 2.46 bits per heavy atom. The van der Waals surface area contributed by atoms with E-state index in [0.29, 0.717) is 30.4 Å². The molecule has 2 amide bonds. The Labute approximate surface area is 144 Å². The minimum absolute atomic E-state index is 0.0148. The standard InChI is InChI=1S/C18H28N2O4/c1-13-6-5-9-20(12-13)18(21)19-8-7-14-10-16(23-3)17(24-4)11-15(14)22-2/h10-11,13H,5-9,12H2,1-4H3,(H,19,21). The number of nitrogens with one attached hydrogen (secondary N) is 1. The second-order valence-electron chi connectivity index (χ2n) is 6.19. The number of methoxy groups -OCH3 is 3. The highest BCUT2D eigenvalue weighted by atomic mass is 16.5. The summed E-state index contributed by atoms with van der Waals surface area (Å²) in [4.78, 5) is 14.2. The summed E-state index contributed by atoms with van der Waals surface area (Å²) in [7, 11) is 4.82. The first-order valence-corrected chi connectivity index (χ1v) is 8.40. The van der Waals surface area contributed by atoms with Crippen molar-refractivity contribution in [3.05, 3.63) is 17.7 Å². The van der Waals surface area contributed by atoms with Gasteiger partial charge in [0.1, 0.15) is 5.75 Å². The Kier molecular flexibility index (Phi) is 6.58. The molecule has 1 aromatic rings. The third kappa shape index (κ3) is 4.46. The Bertz CT molecular complexity index is 562. The van der Waals surface area contributed by atoms with Crippen molar-refractivity contribution < 1.29 is 19.0 Å². The number of benzene rings is 1. The molecule has 1 atom stereocenters. The Hall–Kier alpha value is -2.11. The second-order valence-corrected chi connectivity index (χ2v) is 6.19. The van der Waals surface area contributed by atoms with E-state index in [9.17, 15) is 4.79 Å². The van der Waals surface area contributed by atoms with E-state index >= 15 is 0 Å². The predicted octanol–water partition coefficient (Wildman–Crippen LogP) is 2.70. The second kappa shape index (κ2) is 8.66. The van der Waals surface area contributed by atoms with Gasteiger partial charge in [-0.25, -0.2) is 4.79 Å². The Balaban J connectivity index is 1.94. The predicted molar refractivity (Wildman–Crippen MR) is 93.2 cm³/mol. The zero-order chi connectivity index (χ0) is 17.5.